The van der Waals surface area contributed by atoms with Gasteiger partial charge in [-0.3, -0.25) is 4.98 Å². The number of pyridine rings is 1. The molecule has 20 heavy (non-hydrogen) atoms. The van der Waals surface area contributed by atoms with Gasteiger partial charge in [0, 0.05) is 11.6 Å². The molecule has 0 spiro atoms. The van der Waals surface area contributed by atoms with E-state index in [0.717, 1.165) is 16.5 Å². The number of para-hydroxylation sites is 1. The molecule has 0 aliphatic carbocycles. The Morgan fingerprint density at radius 1 is 1.05 bits per heavy atom. The van der Waals surface area contributed by atoms with E-state index in [1.807, 2.05) is 49.4 Å². The Kier molecular flexibility index (Phi) is 3.06. The molecule has 3 aromatic rings. The molecular formula is C17H12N2O. The highest BCUT2D eigenvalue weighted by Crippen LogP contribution is 2.30. The zero-order valence-electron chi connectivity index (χ0n) is 11.0. The van der Waals surface area contributed by atoms with Gasteiger partial charge in [-0.25, -0.2) is 0 Å². The first-order valence-electron chi connectivity index (χ1n) is 6.30. The summed E-state index contributed by atoms with van der Waals surface area (Å²) in [6.45, 7) is 1.97. The van der Waals surface area contributed by atoms with Crippen molar-refractivity contribution in [2.24, 2.45) is 0 Å². The molecule has 0 N–H and O–H groups in total. The van der Waals surface area contributed by atoms with Crippen molar-refractivity contribution in [1.29, 1.82) is 5.26 Å². The standard InChI is InChI=1S/C17H12N2O/c1-12-7-8-14(11-18)16(10-12)20-15-6-2-4-13-5-3-9-19-17(13)15/h2-10H,1H3. The molecule has 1 heterocycles. The molecule has 0 aliphatic rings. The van der Waals surface area contributed by atoms with Gasteiger partial charge in [0.15, 0.2) is 5.75 Å². The number of hydrogen-bond donors (Lipinski definition) is 0. The van der Waals surface area contributed by atoms with Gasteiger partial charge >= 0.3 is 0 Å². The molecule has 0 saturated carbocycles. The Morgan fingerprint density at radius 2 is 1.90 bits per heavy atom. The quantitative estimate of drug-likeness (QED) is 0.693. The minimum absolute atomic E-state index is 0.517. The minimum Gasteiger partial charge on any atom is -0.454 e. The number of nitrogens with zero attached hydrogens (tertiary/aromatic N) is 2. The van der Waals surface area contributed by atoms with Crippen molar-refractivity contribution in [2.75, 3.05) is 0 Å². The summed E-state index contributed by atoms with van der Waals surface area (Å²) in [5.74, 6) is 1.22. The van der Waals surface area contributed by atoms with Gasteiger partial charge in [-0.05, 0) is 36.8 Å². The number of benzene rings is 2. The van der Waals surface area contributed by atoms with Gasteiger partial charge in [-0.1, -0.05) is 24.3 Å². The SMILES string of the molecule is Cc1ccc(C#N)c(Oc2cccc3cccnc23)c1. The van der Waals surface area contributed by atoms with Crippen LogP contribution in [0.2, 0.25) is 0 Å². The lowest BCUT2D eigenvalue weighted by Gasteiger charge is -2.10. The summed E-state index contributed by atoms with van der Waals surface area (Å²) in [5, 5.41) is 10.2. The van der Waals surface area contributed by atoms with E-state index in [1.54, 1.807) is 12.3 Å². The molecule has 3 rings (SSSR count). The zero-order chi connectivity index (χ0) is 13.9. The van der Waals surface area contributed by atoms with Crippen molar-refractivity contribution >= 4 is 10.9 Å². The third-order valence-corrected chi connectivity index (χ3v) is 3.07. The van der Waals surface area contributed by atoms with Crippen LogP contribution in [0.4, 0.5) is 0 Å². The topological polar surface area (TPSA) is 45.9 Å². The smallest absolute Gasteiger partial charge is 0.153 e. The molecule has 0 aliphatic heterocycles. The molecule has 96 valence electrons. The molecule has 0 bridgehead atoms. The van der Waals surface area contributed by atoms with Crippen LogP contribution in [0.15, 0.2) is 54.7 Å². The van der Waals surface area contributed by atoms with Crippen LogP contribution in [0.3, 0.4) is 0 Å². The average Bonchev–Trinajstić information content (AvgIpc) is 2.48. The zero-order valence-corrected chi connectivity index (χ0v) is 11.0. The van der Waals surface area contributed by atoms with Crippen molar-refractivity contribution in [3.05, 3.63) is 65.9 Å². The van der Waals surface area contributed by atoms with Crippen molar-refractivity contribution in [2.45, 2.75) is 6.92 Å². The van der Waals surface area contributed by atoms with Crippen LogP contribution in [0, 0.1) is 18.3 Å². The number of hydrogen-bond acceptors (Lipinski definition) is 3. The van der Waals surface area contributed by atoms with E-state index in [4.69, 9.17) is 10.00 Å². The minimum atomic E-state index is 0.517. The molecule has 3 heteroatoms. The lowest BCUT2D eigenvalue weighted by Crippen LogP contribution is -1.91. The van der Waals surface area contributed by atoms with E-state index in [2.05, 4.69) is 11.1 Å². The Morgan fingerprint density at radius 3 is 2.75 bits per heavy atom. The predicted octanol–water partition coefficient (Wildman–Crippen LogP) is 4.21. The summed E-state index contributed by atoms with van der Waals surface area (Å²) in [7, 11) is 0. The van der Waals surface area contributed by atoms with Crippen LogP contribution < -0.4 is 4.74 Å². The third kappa shape index (κ3) is 2.19. The molecule has 0 unspecified atom stereocenters. The van der Waals surface area contributed by atoms with Crippen LogP contribution in [-0.2, 0) is 0 Å². The summed E-state index contributed by atoms with van der Waals surface area (Å²) in [6, 6.07) is 17.3. The summed E-state index contributed by atoms with van der Waals surface area (Å²) in [6.07, 6.45) is 1.73. The predicted molar refractivity (Wildman–Crippen MR) is 77.7 cm³/mol. The number of aromatic nitrogens is 1. The molecule has 2 aromatic carbocycles. The first-order chi connectivity index (χ1) is 9.78. The van der Waals surface area contributed by atoms with Crippen LogP contribution in [0.5, 0.6) is 11.5 Å². The van der Waals surface area contributed by atoms with Gasteiger partial charge in [-0.15, -0.1) is 0 Å². The van der Waals surface area contributed by atoms with E-state index in [0.29, 0.717) is 17.1 Å². The van der Waals surface area contributed by atoms with Crippen LogP contribution in [-0.4, -0.2) is 4.98 Å². The Hall–Kier alpha value is -2.86. The normalized spacial score (nSPS) is 10.2. The van der Waals surface area contributed by atoms with Crippen LogP contribution in [0.1, 0.15) is 11.1 Å². The molecule has 0 atom stereocenters. The van der Waals surface area contributed by atoms with Gasteiger partial charge in [0.05, 0.1) is 5.56 Å². The van der Waals surface area contributed by atoms with Crippen molar-refractivity contribution in [3.63, 3.8) is 0 Å². The maximum atomic E-state index is 9.15. The lowest BCUT2D eigenvalue weighted by molar-refractivity contribution is 0.485. The monoisotopic (exact) mass is 260 g/mol. The summed E-state index contributed by atoms with van der Waals surface area (Å²) < 4.78 is 5.91. The van der Waals surface area contributed by atoms with Crippen LogP contribution >= 0.6 is 0 Å². The number of ether oxygens (including phenoxy) is 1. The van der Waals surface area contributed by atoms with Crippen molar-refractivity contribution in [1.82, 2.24) is 4.98 Å². The first kappa shape index (κ1) is 12.2. The second-order valence-electron chi connectivity index (χ2n) is 4.54. The Bertz CT molecular complexity index is 813. The number of nitriles is 1. The van der Waals surface area contributed by atoms with E-state index >= 15 is 0 Å². The fourth-order valence-electron chi connectivity index (χ4n) is 2.08. The van der Waals surface area contributed by atoms with Gasteiger partial charge in [0.1, 0.15) is 17.3 Å². The maximum Gasteiger partial charge on any atom is 0.153 e. The lowest BCUT2D eigenvalue weighted by atomic mass is 10.1. The fourth-order valence-corrected chi connectivity index (χ4v) is 2.08. The van der Waals surface area contributed by atoms with Gasteiger partial charge in [0.25, 0.3) is 0 Å². The van der Waals surface area contributed by atoms with E-state index < -0.39 is 0 Å². The summed E-state index contributed by atoms with van der Waals surface area (Å²) in [5.41, 5.74) is 2.36. The molecular weight excluding hydrogens is 248 g/mol. The van der Waals surface area contributed by atoms with Gasteiger partial charge < -0.3 is 4.74 Å². The van der Waals surface area contributed by atoms with E-state index in [9.17, 15) is 0 Å². The van der Waals surface area contributed by atoms with Gasteiger partial charge in [-0.2, -0.15) is 5.26 Å². The van der Waals surface area contributed by atoms with Crippen molar-refractivity contribution < 1.29 is 4.74 Å². The largest absolute Gasteiger partial charge is 0.454 e. The number of aryl methyl sites for hydroxylation is 1. The first-order valence-corrected chi connectivity index (χ1v) is 6.30. The van der Waals surface area contributed by atoms with E-state index in [-0.39, 0.29) is 0 Å². The summed E-state index contributed by atoms with van der Waals surface area (Å²) in [4.78, 5) is 4.35. The Labute approximate surface area is 117 Å². The fraction of sp³-hybridized carbons (Fsp3) is 0.0588. The van der Waals surface area contributed by atoms with Gasteiger partial charge in [0.2, 0.25) is 0 Å². The van der Waals surface area contributed by atoms with Crippen LogP contribution in [0.25, 0.3) is 10.9 Å². The molecule has 0 saturated heterocycles. The highest BCUT2D eigenvalue weighted by atomic mass is 16.5. The molecule has 0 amide bonds. The highest BCUT2D eigenvalue weighted by molar-refractivity contribution is 5.84. The molecule has 0 radical (unpaired) electrons. The maximum absolute atomic E-state index is 9.15. The second-order valence-corrected chi connectivity index (χ2v) is 4.54. The van der Waals surface area contributed by atoms with Crippen molar-refractivity contribution in [3.8, 4) is 17.6 Å². The second kappa shape index (κ2) is 5.02. The summed E-state index contributed by atoms with van der Waals surface area (Å²) >= 11 is 0. The number of rotatable bonds is 2. The highest BCUT2D eigenvalue weighted by Gasteiger charge is 2.08. The Balaban J connectivity index is 2.10. The average molecular weight is 260 g/mol. The molecule has 3 nitrogen and oxygen atoms in total. The van der Waals surface area contributed by atoms with E-state index in [1.165, 1.54) is 0 Å². The molecule has 1 aromatic heterocycles. The molecule has 0 fully saturated rings. The third-order valence-electron chi connectivity index (χ3n) is 3.07. The number of fused-ring (bicyclic) bond motifs is 1.